The fourth-order valence-corrected chi connectivity index (χ4v) is 3.31. The quantitative estimate of drug-likeness (QED) is 0.504. The molecule has 0 aliphatic heterocycles. The summed E-state index contributed by atoms with van der Waals surface area (Å²) in [5.41, 5.74) is 5.41. The van der Waals surface area contributed by atoms with Crippen molar-refractivity contribution in [3.63, 3.8) is 0 Å². The Labute approximate surface area is 140 Å². The minimum absolute atomic E-state index is 0.163. The van der Waals surface area contributed by atoms with Gasteiger partial charge in [-0.1, -0.05) is 45.0 Å². The lowest BCUT2D eigenvalue weighted by Crippen LogP contribution is -2.11. The van der Waals surface area contributed by atoms with E-state index < -0.39 is 0 Å². The van der Waals surface area contributed by atoms with Crippen molar-refractivity contribution in [1.29, 1.82) is 0 Å². The van der Waals surface area contributed by atoms with Gasteiger partial charge in [0.05, 0.1) is 0 Å². The largest absolute Gasteiger partial charge is 0.289 e. The van der Waals surface area contributed by atoms with Gasteiger partial charge in [0.2, 0.25) is 0 Å². The first kappa shape index (κ1) is 16.2. The second-order valence-corrected chi connectivity index (χ2v) is 6.32. The molecule has 0 spiro atoms. The molecular weight excluding hydrogens is 371 g/mol. The fraction of sp³-hybridized carbons (Fsp3) is 0.316. The Morgan fingerprint density at radius 1 is 0.952 bits per heavy atom. The number of aryl methyl sites for hydroxylation is 3. The van der Waals surface area contributed by atoms with Gasteiger partial charge in [-0.15, -0.1) is 0 Å². The van der Waals surface area contributed by atoms with Crippen LogP contribution in [0, 0.1) is 3.57 Å². The van der Waals surface area contributed by atoms with E-state index >= 15 is 0 Å². The van der Waals surface area contributed by atoms with Crippen molar-refractivity contribution >= 4 is 28.4 Å². The van der Waals surface area contributed by atoms with Crippen LogP contribution in [0.25, 0.3) is 0 Å². The summed E-state index contributed by atoms with van der Waals surface area (Å²) < 4.78 is 1.02. The third-order valence-electron chi connectivity index (χ3n) is 3.88. The summed E-state index contributed by atoms with van der Waals surface area (Å²) in [5, 5.41) is 0. The van der Waals surface area contributed by atoms with Gasteiger partial charge in [-0.3, -0.25) is 4.79 Å². The van der Waals surface area contributed by atoms with Crippen LogP contribution in [0.4, 0.5) is 0 Å². The lowest BCUT2D eigenvalue weighted by molar-refractivity contribution is 0.103. The lowest BCUT2D eigenvalue weighted by Gasteiger charge is -2.15. The van der Waals surface area contributed by atoms with E-state index in [2.05, 4.69) is 55.5 Å². The van der Waals surface area contributed by atoms with Crippen molar-refractivity contribution in [2.45, 2.75) is 40.0 Å². The highest BCUT2D eigenvalue weighted by atomic mass is 127. The van der Waals surface area contributed by atoms with Crippen LogP contribution in [0.5, 0.6) is 0 Å². The number of benzene rings is 2. The molecule has 0 aromatic heterocycles. The number of rotatable bonds is 5. The Hall–Kier alpha value is -1.16. The highest BCUT2D eigenvalue weighted by molar-refractivity contribution is 14.1. The summed E-state index contributed by atoms with van der Waals surface area (Å²) in [5.74, 6) is 0.163. The molecule has 0 fully saturated rings. The second kappa shape index (κ2) is 7.21. The van der Waals surface area contributed by atoms with Crippen molar-refractivity contribution in [1.82, 2.24) is 0 Å². The van der Waals surface area contributed by atoms with E-state index in [4.69, 9.17) is 0 Å². The summed E-state index contributed by atoms with van der Waals surface area (Å²) >= 11 is 2.24. The summed E-state index contributed by atoms with van der Waals surface area (Å²) in [7, 11) is 0. The van der Waals surface area contributed by atoms with Crippen molar-refractivity contribution in [2.75, 3.05) is 0 Å². The summed E-state index contributed by atoms with van der Waals surface area (Å²) in [6, 6.07) is 12.2. The molecule has 2 aromatic carbocycles. The van der Waals surface area contributed by atoms with Crippen LogP contribution in [0.15, 0.2) is 36.4 Å². The van der Waals surface area contributed by atoms with Crippen molar-refractivity contribution in [2.24, 2.45) is 0 Å². The standard InChI is InChI=1S/C19H21IO/c1-4-13-11-14(5-2)18(15(6-3)12-13)19(21)16-9-7-8-10-17(16)20/h7-12H,4-6H2,1-3H3. The molecule has 0 saturated carbocycles. The Morgan fingerprint density at radius 2 is 1.52 bits per heavy atom. The molecule has 0 radical (unpaired) electrons. The van der Waals surface area contributed by atoms with E-state index in [9.17, 15) is 4.79 Å². The number of carbonyl (C=O) groups excluding carboxylic acids is 1. The maximum atomic E-state index is 13.0. The van der Waals surface area contributed by atoms with Crippen LogP contribution >= 0.6 is 22.6 Å². The zero-order chi connectivity index (χ0) is 15.4. The molecule has 1 nitrogen and oxygen atoms in total. The van der Waals surface area contributed by atoms with Gasteiger partial charge in [-0.25, -0.2) is 0 Å². The third-order valence-corrected chi connectivity index (χ3v) is 4.82. The minimum atomic E-state index is 0.163. The normalized spacial score (nSPS) is 10.7. The molecule has 2 aromatic rings. The van der Waals surface area contributed by atoms with Gasteiger partial charge >= 0.3 is 0 Å². The van der Waals surface area contributed by atoms with E-state index in [0.717, 1.165) is 34.0 Å². The van der Waals surface area contributed by atoms with Gasteiger partial charge in [0, 0.05) is 14.7 Å². The molecule has 0 N–H and O–H groups in total. The average Bonchev–Trinajstić information content (AvgIpc) is 2.53. The van der Waals surface area contributed by atoms with E-state index in [-0.39, 0.29) is 5.78 Å². The molecule has 0 bridgehead atoms. The van der Waals surface area contributed by atoms with Crippen LogP contribution < -0.4 is 0 Å². The van der Waals surface area contributed by atoms with E-state index in [1.54, 1.807) is 0 Å². The molecule has 0 aliphatic rings. The Morgan fingerprint density at radius 3 is 2.00 bits per heavy atom. The van der Waals surface area contributed by atoms with Gasteiger partial charge in [-0.05, 0) is 70.7 Å². The van der Waals surface area contributed by atoms with Crippen molar-refractivity contribution in [3.05, 3.63) is 67.8 Å². The fourth-order valence-electron chi connectivity index (χ4n) is 2.67. The first-order valence-electron chi connectivity index (χ1n) is 7.56. The zero-order valence-electron chi connectivity index (χ0n) is 12.9. The van der Waals surface area contributed by atoms with E-state index in [1.165, 1.54) is 16.7 Å². The monoisotopic (exact) mass is 392 g/mol. The molecule has 0 amide bonds. The molecular formula is C19H21IO. The van der Waals surface area contributed by atoms with Crippen molar-refractivity contribution in [3.8, 4) is 0 Å². The predicted molar refractivity (Wildman–Crippen MR) is 97.2 cm³/mol. The van der Waals surface area contributed by atoms with Crippen LogP contribution in [-0.2, 0) is 19.3 Å². The topological polar surface area (TPSA) is 17.1 Å². The maximum Gasteiger partial charge on any atom is 0.194 e. The number of carbonyl (C=O) groups is 1. The average molecular weight is 392 g/mol. The zero-order valence-corrected chi connectivity index (χ0v) is 15.0. The molecule has 0 saturated heterocycles. The second-order valence-electron chi connectivity index (χ2n) is 5.16. The maximum absolute atomic E-state index is 13.0. The van der Waals surface area contributed by atoms with Gasteiger partial charge in [0.1, 0.15) is 0 Å². The van der Waals surface area contributed by atoms with Crippen LogP contribution in [0.3, 0.4) is 0 Å². The number of hydrogen-bond acceptors (Lipinski definition) is 1. The summed E-state index contributed by atoms with van der Waals surface area (Å²) in [6.45, 7) is 6.41. The number of hydrogen-bond donors (Lipinski definition) is 0. The molecule has 0 heterocycles. The molecule has 2 rings (SSSR count). The van der Waals surface area contributed by atoms with E-state index in [0.29, 0.717) is 0 Å². The molecule has 110 valence electrons. The first-order valence-corrected chi connectivity index (χ1v) is 8.64. The predicted octanol–water partition coefficient (Wildman–Crippen LogP) is 5.21. The highest BCUT2D eigenvalue weighted by Gasteiger charge is 2.19. The minimum Gasteiger partial charge on any atom is -0.289 e. The molecule has 21 heavy (non-hydrogen) atoms. The van der Waals surface area contributed by atoms with Crippen LogP contribution in [-0.4, -0.2) is 5.78 Å². The van der Waals surface area contributed by atoms with Gasteiger partial charge in [-0.2, -0.15) is 0 Å². The van der Waals surface area contributed by atoms with Crippen LogP contribution in [0.1, 0.15) is 53.4 Å². The molecule has 0 unspecified atom stereocenters. The molecule has 0 aliphatic carbocycles. The Kier molecular flexibility index (Phi) is 5.57. The number of ketones is 1. The smallest absolute Gasteiger partial charge is 0.194 e. The molecule has 2 heteroatoms. The third kappa shape index (κ3) is 3.37. The van der Waals surface area contributed by atoms with Crippen molar-refractivity contribution < 1.29 is 4.79 Å². The summed E-state index contributed by atoms with van der Waals surface area (Å²) in [6.07, 6.45) is 2.80. The van der Waals surface area contributed by atoms with Gasteiger partial charge in [0.15, 0.2) is 5.78 Å². The molecule has 0 atom stereocenters. The van der Waals surface area contributed by atoms with Crippen LogP contribution in [0.2, 0.25) is 0 Å². The Bertz CT molecular complexity index is 633. The SMILES string of the molecule is CCc1cc(CC)c(C(=O)c2ccccc2I)c(CC)c1. The van der Waals surface area contributed by atoms with Gasteiger partial charge in [0.25, 0.3) is 0 Å². The lowest BCUT2D eigenvalue weighted by atomic mass is 9.89. The first-order chi connectivity index (χ1) is 10.1. The number of halogens is 1. The highest BCUT2D eigenvalue weighted by Crippen LogP contribution is 2.25. The summed E-state index contributed by atoms with van der Waals surface area (Å²) in [4.78, 5) is 13.0. The Balaban J connectivity index is 2.62. The van der Waals surface area contributed by atoms with E-state index in [1.807, 2.05) is 24.3 Å². The van der Waals surface area contributed by atoms with Gasteiger partial charge < -0.3 is 0 Å².